The van der Waals surface area contributed by atoms with Gasteiger partial charge in [0.15, 0.2) is 0 Å². The van der Waals surface area contributed by atoms with E-state index in [-0.39, 0.29) is 31.1 Å². The zero-order valence-corrected chi connectivity index (χ0v) is 39.6. The molecular weight excluding hydrogens is 897 g/mol. The molecule has 0 aliphatic rings. The molecule has 0 heterocycles. The lowest BCUT2D eigenvalue weighted by molar-refractivity contribution is 0.0927. The van der Waals surface area contributed by atoms with Crippen LogP contribution in [0.5, 0.6) is 46.0 Å². The fourth-order valence-corrected chi connectivity index (χ4v) is 9.45. The first kappa shape index (κ1) is 48.6. The Bertz CT molecular complexity index is 2970. The maximum absolute atomic E-state index is 13.8. The summed E-state index contributed by atoms with van der Waals surface area (Å²) in [6.45, 7) is 7.53. The van der Waals surface area contributed by atoms with Crippen LogP contribution in [0, 0.1) is 23.7 Å². The number of hydrogen-bond acceptors (Lipinski definition) is 10. The smallest absolute Gasteiger partial charge is 0.210 e. The first-order valence-electron chi connectivity index (χ1n) is 22.1. The SMILES string of the molecule is CCC(O)(C#Cc1ccc(Oc2ccccc2S(=O)(=O)c2ccc(Oc3ccc(Oc4ccc(S(=O)(=O)c5ccccc5Oc5ccc(C#CC(O)(CC)CC)cc5)cc4)cc3)cc2)cc1)CC. The Morgan fingerprint density at radius 2 is 0.647 bits per heavy atom. The number of para-hydroxylation sites is 2. The predicted molar refractivity (Wildman–Crippen MR) is 261 cm³/mol. The Kier molecular flexibility index (Phi) is 15.1. The molecule has 346 valence electrons. The Morgan fingerprint density at radius 3 is 0.956 bits per heavy atom. The summed E-state index contributed by atoms with van der Waals surface area (Å²) in [7, 11) is -7.99. The first-order chi connectivity index (χ1) is 32.7. The van der Waals surface area contributed by atoms with Gasteiger partial charge in [-0.2, -0.15) is 0 Å². The van der Waals surface area contributed by atoms with E-state index in [9.17, 15) is 27.0 Å². The molecule has 7 aromatic carbocycles. The second-order valence-corrected chi connectivity index (χ2v) is 19.6. The summed E-state index contributed by atoms with van der Waals surface area (Å²) in [6.07, 6.45) is 2.06. The largest absolute Gasteiger partial charge is 0.457 e. The summed E-state index contributed by atoms with van der Waals surface area (Å²) >= 11 is 0. The Labute approximate surface area is 398 Å². The minimum atomic E-state index is -4.00. The maximum Gasteiger partial charge on any atom is 0.210 e. The topological polar surface area (TPSA) is 146 Å². The van der Waals surface area contributed by atoms with Gasteiger partial charge in [-0.3, -0.25) is 0 Å². The van der Waals surface area contributed by atoms with Crippen LogP contribution in [-0.2, 0) is 19.7 Å². The van der Waals surface area contributed by atoms with Crippen molar-refractivity contribution in [3.8, 4) is 69.7 Å². The number of benzene rings is 7. The Hall–Kier alpha value is -7.32. The molecule has 2 N–H and O–H groups in total. The highest BCUT2D eigenvalue weighted by molar-refractivity contribution is 7.92. The van der Waals surface area contributed by atoms with E-state index in [2.05, 4.69) is 23.7 Å². The predicted octanol–water partition coefficient (Wildman–Crippen LogP) is 12.3. The summed E-state index contributed by atoms with van der Waals surface area (Å²) in [6, 6.07) is 45.5. The van der Waals surface area contributed by atoms with Gasteiger partial charge in [0.1, 0.15) is 67.0 Å². The third-order valence-electron chi connectivity index (χ3n) is 11.2. The van der Waals surface area contributed by atoms with E-state index in [1.54, 1.807) is 133 Å². The molecule has 0 spiro atoms. The molecule has 0 aliphatic heterocycles. The van der Waals surface area contributed by atoms with Crippen molar-refractivity contribution in [1.82, 2.24) is 0 Å². The van der Waals surface area contributed by atoms with Gasteiger partial charge in [-0.05, 0) is 171 Å². The molecule has 0 unspecified atom stereocenters. The lowest BCUT2D eigenvalue weighted by Crippen LogP contribution is -2.23. The molecule has 0 fully saturated rings. The van der Waals surface area contributed by atoms with Crippen molar-refractivity contribution in [1.29, 1.82) is 0 Å². The zero-order chi connectivity index (χ0) is 48.4. The van der Waals surface area contributed by atoms with Crippen LogP contribution in [0.1, 0.15) is 64.5 Å². The second-order valence-electron chi connectivity index (χ2n) is 15.7. The lowest BCUT2D eigenvalue weighted by Gasteiger charge is -2.17. The highest BCUT2D eigenvalue weighted by Crippen LogP contribution is 2.36. The average Bonchev–Trinajstić information content (AvgIpc) is 3.37. The fourth-order valence-electron chi connectivity index (χ4n) is 6.69. The van der Waals surface area contributed by atoms with Crippen LogP contribution in [0.15, 0.2) is 189 Å². The van der Waals surface area contributed by atoms with Crippen LogP contribution in [0.2, 0.25) is 0 Å². The van der Waals surface area contributed by atoms with Crippen LogP contribution in [0.3, 0.4) is 0 Å². The molecule has 0 atom stereocenters. The van der Waals surface area contributed by atoms with E-state index in [4.69, 9.17) is 18.9 Å². The molecule has 10 nitrogen and oxygen atoms in total. The van der Waals surface area contributed by atoms with Crippen LogP contribution in [0.25, 0.3) is 0 Å². The van der Waals surface area contributed by atoms with E-state index in [1.807, 2.05) is 27.7 Å². The van der Waals surface area contributed by atoms with Crippen LogP contribution in [-0.4, -0.2) is 38.3 Å². The number of rotatable bonds is 16. The van der Waals surface area contributed by atoms with Gasteiger partial charge in [-0.15, -0.1) is 0 Å². The van der Waals surface area contributed by atoms with Gasteiger partial charge in [-0.1, -0.05) is 75.6 Å². The Balaban J connectivity index is 0.959. The Morgan fingerprint density at radius 1 is 0.382 bits per heavy atom. The van der Waals surface area contributed by atoms with Gasteiger partial charge in [0.2, 0.25) is 19.7 Å². The monoisotopic (exact) mass is 946 g/mol. The highest BCUT2D eigenvalue weighted by Gasteiger charge is 2.25. The number of aliphatic hydroxyl groups is 2. The van der Waals surface area contributed by atoms with Gasteiger partial charge in [0, 0.05) is 11.1 Å². The number of sulfone groups is 2. The van der Waals surface area contributed by atoms with Crippen molar-refractivity contribution in [2.45, 2.75) is 84.2 Å². The van der Waals surface area contributed by atoms with Gasteiger partial charge in [0.05, 0.1) is 9.79 Å². The van der Waals surface area contributed by atoms with Crippen LogP contribution < -0.4 is 18.9 Å². The third-order valence-corrected chi connectivity index (χ3v) is 14.8. The molecule has 0 bridgehead atoms. The van der Waals surface area contributed by atoms with Crippen molar-refractivity contribution in [3.63, 3.8) is 0 Å². The third kappa shape index (κ3) is 11.8. The van der Waals surface area contributed by atoms with Gasteiger partial charge in [-0.25, -0.2) is 16.8 Å². The van der Waals surface area contributed by atoms with Crippen molar-refractivity contribution in [2.75, 3.05) is 0 Å². The van der Waals surface area contributed by atoms with E-state index in [0.717, 1.165) is 0 Å². The fraction of sp³-hybridized carbons (Fsp3) is 0.179. The molecule has 0 aromatic heterocycles. The molecule has 0 amide bonds. The summed E-state index contributed by atoms with van der Waals surface area (Å²) in [5.41, 5.74) is -0.717. The van der Waals surface area contributed by atoms with Gasteiger partial charge in [0.25, 0.3) is 0 Å². The molecule has 0 aliphatic carbocycles. The summed E-state index contributed by atoms with van der Waals surface area (Å²) in [5.74, 6) is 14.8. The van der Waals surface area contributed by atoms with Crippen molar-refractivity contribution in [3.05, 3.63) is 181 Å². The van der Waals surface area contributed by atoms with Crippen LogP contribution >= 0.6 is 0 Å². The molecule has 68 heavy (non-hydrogen) atoms. The quantitative estimate of drug-likeness (QED) is 0.0898. The van der Waals surface area contributed by atoms with E-state index in [1.165, 1.54) is 36.4 Å². The number of hydrogen-bond donors (Lipinski definition) is 2. The van der Waals surface area contributed by atoms with Gasteiger partial charge < -0.3 is 29.2 Å². The van der Waals surface area contributed by atoms with Crippen molar-refractivity contribution < 1.29 is 46.0 Å². The van der Waals surface area contributed by atoms with E-state index in [0.29, 0.717) is 71.3 Å². The molecule has 7 rings (SSSR count). The molecule has 7 aromatic rings. The minimum absolute atomic E-state index is 0.00350. The maximum atomic E-state index is 13.8. The standard InChI is InChI=1S/C56H50O10S2/c1-5-55(57,6-2)39-37-41-17-21-47(22-18-41)65-51-13-9-11-15-53(51)67(59,60)49-33-29-45(30-34-49)63-43-25-27-44(28-26-43)64-46-31-35-50(36-32-46)68(61,62)54-16-12-10-14-52(54)66-48-23-19-42(20-24-48)38-40-56(58,7-3)8-4/h9-36,57-58H,5-8H2,1-4H3. The normalized spacial score (nSPS) is 11.6. The molecular formula is C56H50O10S2. The molecule has 12 heteroatoms. The van der Waals surface area contributed by atoms with Crippen molar-refractivity contribution >= 4 is 19.7 Å². The summed E-state index contributed by atoms with van der Waals surface area (Å²) in [4.78, 5) is 0.0929. The molecule has 0 saturated carbocycles. The van der Waals surface area contributed by atoms with Crippen LogP contribution in [0.4, 0.5) is 0 Å². The van der Waals surface area contributed by atoms with Crippen molar-refractivity contribution in [2.24, 2.45) is 0 Å². The highest BCUT2D eigenvalue weighted by atomic mass is 32.2. The minimum Gasteiger partial charge on any atom is -0.457 e. The van der Waals surface area contributed by atoms with E-state index < -0.39 is 30.9 Å². The molecule has 0 radical (unpaired) electrons. The van der Waals surface area contributed by atoms with E-state index >= 15 is 0 Å². The zero-order valence-electron chi connectivity index (χ0n) is 38.0. The lowest BCUT2D eigenvalue weighted by atomic mass is 9.98. The summed E-state index contributed by atoms with van der Waals surface area (Å²) in [5, 5.41) is 21.0. The number of ether oxygens (including phenoxy) is 4. The van der Waals surface area contributed by atoms with Gasteiger partial charge >= 0.3 is 0 Å². The second kappa shape index (κ2) is 21.1. The molecule has 0 saturated heterocycles. The average molecular weight is 947 g/mol. The summed E-state index contributed by atoms with van der Waals surface area (Å²) < 4.78 is 79.4. The first-order valence-corrected chi connectivity index (χ1v) is 25.0.